The van der Waals surface area contributed by atoms with Crippen molar-refractivity contribution in [2.45, 2.75) is 25.9 Å². The van der Waals surface area contributed by atoms with Crippen molar-refractivity contribution in [1.29, 1.82) is 0 Å². The van der Waals surface area contributed by atoms with Crippen LogP contribution in [-0.2, 0) is 9.59 Å². The van der Waals surface area contributed by atoms with Crippen LogP contribution >= 0.6 is 0 Å². The number of hydrogen-bond acceptors (Lipinski definition) is 4. The summed E-state index contributed by atoms with van der Waals surface area (Å²) in [5.41, 5.74) is 1.42. The lowest BCUT2D eigenvalue weighted by molar-refractivity contribution is -0.142. The molecule has 0 spiro atoms. The second-order valence-electron chi connectivity index (χ2n) is 7.05. The molecule has 3 rings (SSSR count). The molecule has 1 unspecified atom stereocenters. The Morgan fingerprint density at radius 2 is 1.79 bits per heavy atom. The highest BCUT2D eigenvalue weighted by atomic mass is 16.5. The number of hydrogen-bond donors (Lipinski definition) is 1. The van der Waals surface area contributed by atoms with E-state index in [1.165, 1.54) is 6.92 Å². The van der Waals surface area contributed by atoms with Crippen molar-refractivity contribution in [2.75, 3.05) is 13.1 Å². The molecule has 0 saturated carbocycles. The van der Waals surface area contributed by atoms with Gasteiger partial charge < -0.3 is 14.7 Å². The molecule has 2 aromatic rings. The maximum Gasteiger partial charge on any atom is 0.308 e. The predicted molar refractivity (Wildman–Crippen MR) is 103 cm³/mol. The summed E-state index contributed by atoms with van der Waals surface area (Å²) in [6, 6.07) is 16.1. The van der Waals surface area contributed by atoms with Crippen LogP contribution in [0.4, 0.5) is 0 Å². The fourth-order valence-corrected chi connectivity index (χ4v) is 3.57. The zero-order chi connectivity index (χ0) is 20.3. The van der Waals surface area contributed by atoms with Gasteiger partial charge >= 0.3 is 5.97 Å². The van der Waals surface area contributed by atoms with Gasteiger partial charge in [-0.25, -0.2) is 0 Å². The second kappa shape index (κ2) is 8.25. The fourth-order valence-electron chi connectivity index (χ4n) is 3.57. The van der Waals surface area contributed by atoms with Gasteiger partial charge in [0.15, 0.2) is 11.9 Å². The van der Waals surface area contributed by atoms with Crippen molar-refractivity contribution in [3.8, 4) is 5.75 Å². The number of ketones is 1. The summed E-state index contributed by atoms with van der Waals surface area (Å²) in [6.07, 6.45) is -0.786. The number of carbonyl (C=O) groups excluding carboxylic acids is 2. The molecule has 1 aliphatic rings. The van der Waals surface area contributed by atoms with Crippen molar-refractivity contribution in [3.63, 3.8) is 0 Å². The van der Waals surface area contributed by atoms with Crippen LogP contribution in [0.5, 0.6) is 5.75 Å². The Labute approximate surface area is 163 Å². The number of amides is 1. The van der Waals surface area contributed by atoms with Crippen LogP contribution in [0.15, 0.2) is 54.6 Å². The molecule has 3 atom stereocenters. The van der Waals surface area contributed by atoms with Crippen LogP contribution in [0.2, 0.25) is 0 Å². The quantitative estimate of drug-likeness (QED) is 0.778. The van der Waals surface area contributed by atoms with Gasteiger partial charge in [0.1, 0.15) is 5.75 Å². The number of likely N-dealkylation sites (tertiary alicyclic amines) is 1. The molecular weight excluding hydrogens is 358 g/mol. The van der Waals surface area contributed by atoms with E-state index in [0.717, 1.165) is 5.56 Å². The highest BCUT2D eigenvalue weighted by Gasteiger charge is 2.41. The highest BCUT2D eigenvalue weighted by Crippen LogP contribution is 2.33. The summed E-state index contributed by atoms with van der Waals surface area (Å²) in [6.45, 7) is 3.58. The normalized spacial score (nSPS) is 19.9. The van der Waals surface area contributed by atoms with E-state index in [1.807, 2.05) is 30.3 Å². The minimum Gasteiger partial charge on any atom is -0.481 e. The van der Waals surface area contributed by atoms with Crippen molar-refractivity contribution in [1.82, 2.24) is 4.90 Å². The van der Waals surface area contributed by atoms with Gasteiger partial charge in [0, 0.05) is 24.6 Å². The molecule has 1 N–H and O–H groups in total. The minimum absolute atomic E-state index is 0.0843. The van der Waals surface area contributed by atoms with Gasteiger partial charge in [-0.2, -0.15) is 0 Å². The SMILES string of the molecule is CC(=O)c1cccc(OC(C)C(=O)N2C[C@H](C(=O)O)[C@H](c3ccccc3)C2)c1. The summed E-state index contributed by atoms with van der Waals surface area (Å²) in [5, 5.41) is 9.60. The zero-order valence-electron chi connectivity index (χ0n) is 15.9. The Morgan fingerprint density at radius 1 is 1.07 bits per heavy atom. The maximum atomic E-state index is 12.9. The van der Waals surface area contributed by atoms with Gasteiger partial charge in [-0.05, 0) is 31.5 Å². The molecule has 28 heavy (non-hydrogen) atoms. The van der Waals surface area contributed by atoms with Gasteiger partial charge in [-0.15, -0.1) is 0 Å². The third-order valence-electron chi connectivity index (χ3n) is 5.08. The molecule has 1 saturated heterocycles. The first-order valence-corrected chi connectivity index (χ1v) is 9.21. The summed E-state index contributed by atoms with van der Waals surface area (Å²) < 4.78 is 5.73. The Morgan fingerprint density at radius 3 is 2.43 bits per heavy atom. The third-order valence-corrected chi connectivity index (χ3v) is 5.08. The molecule has 1 aliphatic heterocycles. The molecule has 0 bridgehead atoms. The predicted octanol–water partition coefficient (Wildman–Crippen LogP) is 2.98. The van der Waals surface area contributed by atoms with Crippen molar-refractivity contribution in [2.24, 2.45) is 5.92 Å². The van der Waals surface area contributed by atoms with Crippen LogP contribution < -0.4 is 4.74 Å². The summed E-state index contributed by atoms with van der Waals surface area (Å²) in [7, 11) is 0. The Hall–Kier alpha value is -3.15. The van der Waals surface area contributed by atoms with E-state index in [2.05, 4.69) is 0 Å². The first-order chi connectivity index (χ1) is 13.4. The van der Waals surface area contributed by atoms with E-state index in [1.54, 1.807) is 36.1 Å². The Kier molecular flexibility index (Phi) is 5.78. The lowest BCUT2D eigenvalue weighted by atomic mass is 9.89. The van der Waals surface area contributed by atoms with Gasteiger partial charge in [0.2, 0.25) is 0 Å². The van der Waals surface area contributed by atoms with Crippen LogP contribution in [0, 0.1) is 5.92 Å². The summed E-state index contributed by atoms with van der Waals surface area (Å²) >= 11 is 0. The highest BCUT2D eigenvalue weighted by molar-refractivity contribution is 5.94. The van der Waals surface area contributed by atoms with Crippen LogP contribution in [0.3, 0.4) is 0 Å². The van der Waals surface area contributed by atoms with E-state index < -0.39 is 18.0 Å². The Bertz CT molecular complexity index is 880. The molecule has 1 heterocycles. The third kappa shape index (κ3) is 4.22. The average molecular weight is 381 g/mol. The largest absolute Gasteiger partial charge is 0.481 e. The van der Waals surface area contributed by atoms with Gasteiger partial charge in [-0.3, -0.25) is 14.4 Å². The lowest BCUT2D eigenvalue weighted by Crippen LogP contribution is -2.39. The van der Waals surface area contributed by atoms with Gasteiger partial charge in [-0.1, -0.05) is 42.5 Å². The standard InChI is InChI=1S/C22H23NO5/c1-14(24)17-9-6-10-18(11-17)28-15(2)21(25)23-12-19(20(13-23)22(26)27)16-7-4-3-5-8-16/h3-11,15,19-20H,12-13H2,1-2H3,(H,26,27)/t15?,19-,20-/m0/s1. The van der Waals surface area contributed by atoms with E-state index in [4.69, 9.17) is 4.74 Å². The van der Waals surface area contributed by atoms with E-state index in [0.29, 0.717) is 17.9 Å². The molecular formula is C22H23NO5. The number of ether oxygens (including phenoxy) is 1. The number of carboxylic acids is 1. The number of nitrogens with zero attached hydrogens (tertiary/aromatic N) is 1. The molecule has 0 aromatic heterocycles. The molecule has 1 fully saturated rings. The molecule has 0 radical (unpaired) electrons. The van der Waals surface area contributed by atoms with E-state index in [-0.39, 0.29) is 24.2 Å². The molecule has 146 valence electrons. The number of rotatable bonds is 6. The number of Topliss-reactive ketones (excluding diaryl/α,β-unsaturated/α-hetero) is 1. The molecule has 0 aliphatic carbocycles. The van der Waals surface area contributed by atoms with Crippen LogP contribution in [0.1, 0.15) is 35.7 Å². The topological polar surface area (TPSA) is 83.9 Å². The smallest absolute Gasteiger partial charge is 0.308 e. The average Bonchev–Trinajstić information content (AvgIpc) is 3.14. The molecule has 2 aromatic carbocycles. The number of benzene rings is 2. The lowest BCUT2D eigenvalue weighted by Gasteiger charge is -2.22. The maximum absolute atomic E-state index is 12.9. The minimum atomic E-state index is -0.910. The van der Waals surface area contributed by atoms with E-state index in [9.17, 15) is 19.5 Å². The van der Waals surface area contributed by atoms with Crippen molar-refractivity contribution < 1.29 is 24.2 Å². The summed E-state index contributed by atoms with van der Waals surface area (Å²) in [4.78, 5) is 37.6. The number of carboxylic acid groups (broad SMARTS) is 1. The molecule has 1 amide bonds. The van der Waals surface area contributed by atoms with Crippen molar-refractivity contribution >= 4 is 17.7 Å². The first-order valence-electron chi connectivity index (χ1n) is 9.21. The molecule has 6 nitrogen and oxygen atoms in total. The van der Waals surface area contributed by atoms with Gasteiger partial charge in [0.25, 0.3) is 5.91 Å². The monoisotopic (exact) mass is 381 g/mol. The van der Waals surface area contributed by atoms with E-state index >= 15 is 0 Å². The van der Waals surface area contributed by atoms with Crippen LogP contribution in [-0.4, -0.2) is 46.9 Å². The fraction of sp³-hybridized carbons (Fsp3) is 0.318. The summed E-state index contributed by atoms with van der Waals surface area (Å²) in [5.74, 6) is -1.73. The zero-order valence-corrected chi connectivity index (χ0v) is 15.9. The first kappa shape index (κ1) is 19.6. The number of aliphatic carboxylic acids is 1. The number of carbonyl (C=O) groups is 3. The van der Waals surface area contributed by atoms with Crippen LogP contribution in [0.25, 0.3) is 0 Å². The second-order valence-corrected chi connectivity index (χ2v) is 7.05. The Balaban J connectivity index is 1.72. The molecule has 6 heteroatoms. The van der Waals surface area contributed by atoms with Gasteiger partial charge in [0.05, 0.1) is 5.92 Å². The van der Waals surface area contributed by atoms with Crippen molar-refractivity contribution in [3.05, 3.63) is 65.7 Å².